The summed E-state index contributed by atoms with van der Waals surface area (Å²) in [5.74, 6) is 0.672. The molecule has 0 aliphatic rings. The Kier molecular flexibility index (Phi) is 3.46. The van der Waals surface area contributed by atoms with E-state index in [0.717, 1.165) is 10.2 Å². The van der Waals surface area contributed by atoms with Gasteiger partial charge in [0.05, 0.1) is 17.3 Å². The van der Waals surface area contributed by atoms with Crippen LogP contribution in [0.1, 0.15) is 5.69 Å². The van der Waals surface area contributed by atoms with Gasteiger partial charge in [-0.15, -0.1) is 0 Å². The Morgan fingerprint density at radius 3 is 3.00 bits per heavy atom. The van der Waals surface area contributed by atoms with Crippen molar-refractivity contribution in [2.75, 3.05) is 5.32 Å². The van der Waals surface area contributed by atoms with Crippen LogP contribution in [-0.4, -0.2) is 14.8 Å². The lowest BCUT2D eigenvalue weighted by Crippen LogP contribution is -2.06. The summed E-state index contributed by atoms with van der Waals surface area (Å²) in [6.45, 7) is 0.644. The third-order valence-electron chi connectivity index (χ3n) is 2.17. The van der Waals surface area contributed by atoms with E-state index < -0.39 is 0 Å². The number of anilines is 1. The predicted molar refractivity (Wildman–Crippen MR) is 67.5 cm³/mol. The number of hydrogen-bond acceptors (Lipinski definition) is 3. The van der Waals surface area contributed by atoms with Gasteiger partial charge in [0.15, 0.2) is 0 Å². The monoisotopic (exact) mass is 300 g/mol. The topological polar surface area (TPSA) is 42.7 Å². The van der Waals surface area contributed by atoms with E-state index in [4.69, 9.17) is 11.6 Å². The van der Waals surface area contributed by atoms with Crippen molar-refractivity contribution in [2.24, 2.45) is 7.05 Å². The van der Waals surface area contributed by atoms with E-state index in [2.05, 4.69) is 31.3 Å². The SMILES string of the molecule is Cn1nccc1CNc1ncc(Br)cc1Cl. The molecule has 0 amide bonds. The Balaban J connectivity index is 2.08. The second-order valence-electron chi connectivity index (χ2n) is 3.28. The average molecular weight is 302 g/mol. The van der Waals surface area contributed by atoms with Crippen LogP contribution in [0.2, 0.25) is 5.02 Å². The number of aromatic nitrogens is 3. The summed E-state index contributed by atoms with van der Waals surface area (Å²) in [5, 5.41) is 7.83. The summed E-state index contributed by atoms with van der Waals surface area (Å²) in [7, 11) is 1.90. The van der Waals surface area contributed by atoms with Crippen LogP contribution < -0.4 is 5.32 Å². The van der Waals surface area contributed by atoms with Gasteiger partial charge in [0.25, 0.3) is 0 Å². The van der Waals surface area contributed by atoms with Gasteiger partial charge in [-0.05, 0) is 28.1 Å². The van der Waals surface area contributed by atoms with E-state index in [0.29, 0.717) is 17.4 Å². The van der Waals surface area contributed by atoms with Gasteiger partial charge in [0, 0.05) is 23.9 Å². The van der Waals surface area contributed by atoms with Gasteiger partial charge >= 0.3 is 0 Å². The summed E-state index contributed by atoms with van der Waals surface area (Å²) < 4.78 is 2.67. The van der Waals surface area contributed by atoms with Crippen LogP contribution in [0.25, 0.3) is 0 Å². The number of pyridine rings is 1. The zero-order valence-corrected chi connectivity index (χ0v) is 11.0. The van der Waals surface area contributed by atoms with Crippen molar-refractivity contribution in [1.82, 2.24) is 14.8 Å². The number of nitrogens with zero attached hydrogens (tertiary/aromatic N) is 3. The first kappa shape index (κ1) is 11.4. The first-order valence-electron chi connectivity index (χ1n) is 4.68. The average Bonchev–Trinajstić information content (AvgIpc) is 2.63. The van der Waals surface area contributed by atoms with Crippen LogP contribution >= 0.6 is 27.5 Å². The summed E-state index contributed by atoms with van der Waals surface area (Å²) in [4.78, 5) is 4.19. The summed E-state index contributed by atoms with van der Waals surface area (Å²) in [5.41, 5.74) is 1.07. The van der Waals surface area contributed by atoms with Gasteiger partial charge in [0.2, 0.25) is 0 Å². The van der Waals surface area contributed by atoms with Gasteiger partial charge in [-0.2, -0.15) is 5.10 Å². The van der Waals surface area contributed by atoms with Gasteiger partial charge in [-0.1, -0.05) is 11.6 Å². The van der Waals surface area contributed by atoms with Gasteiger partial charge in [-0.25, -0.2) is 4.98 Å². The van der Waals surface area contributed by atoms with E-state index in [1.54, 1.807) is 23.1 Å². The fraction of sp³-hybridized carbons (Fsp3) is 0.200. The van der Waals surface area contributed by atoms with Gasteiger partial charge < -0.3 is 5.32 Å². The molecule has 0 saturated heterocycles. The molecule has 2 aromatic rings. The number of halogens is 2. The summed E-state index contributed by atoms with van der Waals surface area (Å²) >= 11 is 9.34. The second kappa shape index (κ2) is 4.84. The second-order valence-corrected chi connectivity index (χ2v) is 4.61. The zero-order valence-electron chi connectivity index (χ0n) is 8.61. The molecule has 0 saturated carbocycles. The van der Waals surface area contributed by atoms with E-state index in [-0.39, 0.29) is 0 Å². The lowest BCUT2D eigenvalue weighted by molar-refractivity contribution is 0.720. The lowest BCUT2D eigenvalue weighted by Gasteiger charge is -2.07. The molecule has 16 heavy (non-hydrogen) atoms. The number of rotatable bonds is 3. The van der Waals surface area contributed by atoms with Gasteiger partial charge in [0.1, 0.15) is 5.82 Å². The minimum absolute atomic E-state index is 0.594. The fourth-order valence-electron chi connectivity index (χ4n) is 1.29. The van der Waals surface area contributed by atoms with Crippen LogP contribution in [0.4, 0.5) is 5.82 Å². The molecule has 84 valence electrons. The maximum Gasteiger partial charge on any atom is 0.145 e. The lowest BCUT2D eigenvalue weighted by atomic mass is 10.4. The highest BCUT2D eigenvalue weighted by atomic mass is 79.9. The van der Waals surface area contributed by atoms with Crippen LogP contribution in [0.3, 0.4) is 0 Å². The number of nitrogens with one attached hydrogen (secondary N) is 1. The molecule has 0 bridgehead atoms. The molecule has 0 atom stereocenters. The minimum atomic E-state index is 0.594. The molecule has 0 aromatic carbocycles. The molecule has 0 unspecified atom stereocenters. The van der Waals surface area contributed by atoms with Crippen LogP contribution in [0.15, 0.2) is 29.0 Å². The molecule has 2 rings (SSSR count). The molecule has 1 N–H and O–H groups in total. The molecule has 0 aliphatic heterocycles. The van der Waals surface area contributed by atoms with Crippen molar-refractivity contribution in [1.29, 1.82) is 0 Å². The summed E-state index contributed by atoms with van der Waals surface area (Å²) in [6, 6.07) is 3.75. The van der Waals surface area contributed by atoms with Crippen molar-refractivity contribution in [3.05, 3.63) is 39.7 Å². The molecule has 2 heterocycles. The van der Waals surface area contributed by atoms with Crippen molar-refractivity contribution in [3.8, 4) is 0 Å². The summed E-state index contributed by atoms with van der Waals surface area (Å²) in [6.07, 6.45) is 3.46. The van der Waals surface area contributed by atoms with Crippen LogP contribution in [0.5, 0.6) is 0 Å². The Hall–Kier alpha value is -1.07. The molecular formula is C10H10BrClN4. The fourth-order valence-corrected chi connectivity index (χ4v) is 1.99. The van der Waals surface area contributed by atoms with Crippen molar-refractivity contribution >= 4 is 33.3 Å². The van der Waals surface area contributed by atoms with E-state index in [9.17, 15) is 0 Å². The molecule has 6 heteroatoms. The minimum Gasteiger partial charge on any atom is -0.363 e. The van der Waals surface area contributed by atoms with Crippen LogP contribution in [0, 0.1) is 0 Å². The quantitative estimate of drug-likeness (QED) is 0.948. The molecule has 0 aliphatic carbocycles. The largest absolute Gasteiger partial charge is 0.363 e. The normalized spacial score (nSPS) is 10.4. The molecule has 2 aromatic heterocycles. The van der Waals surface area contributed by atoms with E-state index in [1.807, 2.05) is 13.1 Å². The Bertz CT molecular complexity index is 497. The smallest absolute Gasteiger partial charge is 0.145 e. The van der Waals surface area contributed by atoms with Crippen molar-refractivity contribution in [2.45, 2.75) is 6.54 Å². The third kappa shape index (κ3) is 2.54. The molecule has 0 radical (unpaired) electrons. The maximum atomic E-state index is 6.03. The van der Waals surface area contributed by atoms with E-state index in [1.165, 1.54) is 0 Å². The van der Waals surface area contributed by atoms with E-state index >= 15 is 0 Å². The standard InChI is InChI=1S/C10H10BrClN4/c1-16-8(2-3-15-16)6-14-10-9(12)4-7(11)5-13-10/h2-5H,6H2,1H3,(H,13,14). The molecule has 4 nitrogen and oxygen atoms in total. The highest BCUT2D eigenvalue weighted by Gasteiger charge is 2.03. The van der Waals surface area contributed by atoms with Crippen molar-refractivity contribution in [3.63, 3.8) is 0 Å². The first-order chi connectivity index (χ1) is 7.66. The highest BCUT2D eigenvalue weighted by Crippen LogP contribution is 2.23. The number of hydrogen-bond donors (Lipinski definition) is 1. The predicted octanol–water partition coefficient (Wildman–Crippen LogP) is 2.84. The molecular weight excluding hydrogens is 291 g/mol. The zero-order chi connectivity index (χ0) is 11.5. The Morgan fingerprint density at radius 2 is 2.38 bits per heavy atom. The Labute approximate surface area is 107 Å². The maximum absolute atomic E-state index is 6.03. The third-order valence-corrected chi connectivity index (χ3v) is 2.89. The molecule has 0 spiro atoms. The first-order valence-corrected chi connectivity index (χ1v) is 5.85. The molecule has 0 fully saturated rings. The highest BCUT2D eigenvalue weighted by molar-refractivity contribution is 9.10. The van der Waals surface area contributed by atoms with Gasteiger partial charge in [-0.3, -0.25) is 4.68 Å². The van der Waals surface area contributed by atoms with Crippen LogP contribution in [-0.2, 0) is 13.6 Å². The Morgan fingerprint density at radius 1 is 1.56 bits per heavy atom. The number of aryl methyl sites for hydroxylation is 1. The van der Waals surface area contributed by atoms with Crippen molar-refractivity contribution < 1.29 is 0 Å².